The fourth-order valence-electron chi connectivity index (χ4n) is 2.70. The molecule has 3 nitrogen and oxygen atoms in total. The molecule has 0 amide bonds. The van der Waals surface area contributed by atoms with E-state index in [1.54, 1.807) is 7.11 Å². The van der Waals surface area contributed by atoms with Crippen molar-refractivity contribution in [3.8, 4) is 5.75 Å². The van der Waals surface area contributed by atoms with Crippen molar-refractivity contribution in [3.63, 3.8) is 0 Å². The van der Waals surface area contributed by atoms with E-state index in [0.717, 1.165) is 25.2 Å². The Morgan fingerprint density at radius 3 is 2.68 bits per heavy atom. The summed E-state index contributed by atoms with van der Waals surface area (Å²) in [5, 5.41) is 3.40. The lowest BCUT2D eigenvalue weighted by molar-refractivity contribution is 0.00866. The van der Waals surface area contributed by atoms with Crippen LogP contribution in [0, 0.1) is 0 Å². The number of hydrogen-bond acceptors (Lipinski definition) is 3. The third-order valence-corrected chi connectivity index (χ3v) is 3.92. The van der Waals surface area contributed by atoms with E-state index < -0.39 is 0 Å². The van der Waals surface area contributed by atoms with Crippen molar-refractivity contribution in [1.82, 2.24) is 5.32 Å². The molecule has 0 aliphatic carbocycles. The second kappa shape index (κ2) is 7.51. The van der Waals surface area contributed by atoms with Crippen LogP contribution < -0.4 is 10.1 Å². The molecule has 1 heterocycles. The predicted molar refractivity (Wildman–Crippen MR) is 77.6 cm³/mol. The first-order valence-electron chi connectivity index (χ1n) is 7.26. The average Bonchev–Trinajstić information content (AvgIpc) is 2.49. The first-order valence-corrected chi connectivity index (χ1v) is 7.26. The van der Waals surface area contributed by atoms with Crippen LogP contribution in [-0.2, 0) is 4.74 Å². The normalized spacial score (nSPS) is 21.1. The van der Waals surface area contributed by atoms with Crippen molar-refractivity contribution in [2.24, 2.45) is 0 Å². The summed E-state index contributed by atoms with van der Waals surface area (Å²) in [6.45, 7) is 0.942. The van der Waals surface area contributed by atoms with E-state index in [-0.39, 0.29) is 0 Å². The van der Waals surface area contributed by atoms with Crippen molar-refractivity contribution in [2.45, 2.75) is 44.2 Å². The van der Waals surface area contributed by atoms with Crippen LogP contribution in [0.5, 0.6) is 5.75 Å². The zero-order chi connectivity index (χ0) is 13.5. The second-order valence-electron chi connectivity index (χ2n) is 5.18. The molecule has 0 spiro atoms. The van der Waals surface area contributed by atoms with Gasteiger partial charge in [0, 0.05) is 12.6 Å². The highest BCUT2D eigenvalue weighted by atomic mass is 16.5. The van der Waals surface area contributed by atoms with E-state index in [1.807, 2.05) is 19.2 Å². The fourth-order valence-corrected chi connectivity index (χ4v) is 2.70. The van der Waals surface area contributed by atoms with E-state index in [9.17, 15) is 0 Å². The van der Waals surface area contributed by atoms with E-state index in [1.165, 1.54) is 24.8 Å². The summed E-state index contributed by atoms with van der Waals surface area (Å²) in [4.78, 5) is 0. The summed E-state index contributed by atoms with van der Waals surface area (Å²) in [6, 6.07) is 8.73. The summed E-state index contributed by atoms with van der Waals surface area (Å²) in [6.07, 6.45) is 6.48. The first kappa shape index (κ1) is 14.4. The molecular formula is C16H25NO2. The Kier molecular flexibility index (Phi) is 5.67. The maximum Gasteiger partial charge on any atom is 0.118 e. The van der Waals surface area contributed by atoms with Crippen molar-refractivity contribution in [3.05, 3.63) is 29.8 Å². The van der Waals surface area contributed by atoms with Crippen LogP contribution in [0.2, 0.25) is 0 Å². The minimum atomic E-state index is 0.399. The van der Waals surface area contributed by atoms with Crippen LogP contribution in [0.1, 0.15) is 43.7 Å². The highest BCUT2D eigenvalue weighted by molar-refractivity contribution is 5.29. The Morgan fingerprint density at radius 1 is 1.32 bits per heavy atom. The SMILES string of the molecule is CNC(CCC1CCCCO1)c1ccc(OC)cc1. The lowest BCUT2D eigenvalue weighted by atomic mass is 9.97. The van der Waals surface area contributed by atoms with E-state index in [0.29, 0.717) is 12.1 Å². The van der Waals surface area contributed by atoms with Gasteiger partial charge in [-0.1, -0.05) is 12.1 Å². The van der Waals surface area contributed by atoms with Gasteiger partial charge in [-0.25, -0.2) is 0 Å². The molecule has 3 heteroatoms. The standard InChI is InChI=1S/C16H25NO2/c1-17-16(11-10-15-5-3-4-12-19-15)13-6-8-14(18-2)9-7-13/h6-9,15-17H,3-5,10-12H2,1-2H3. The summed E-state index contributed by atoms with van der Waals surface area (Å²) >= 11 is 0. The van der Waals surface area contributed by atoms with Gasteiger partial charge in [0.25, 0.3) is 0 Å². The monoisotopic (exact) mass is 263 g/mol. The molecule has 106 valence electrons. The Balaban J connectivity index is 1.87. The zero-order valence-corrected chi connectivity index (χ0v) is 12.0. The van der Waals surface area contributed by atoms with Gasteiger partial charge in [-0.3, -0.25) is 0 Å². The Bertz CT molecular complexity index is 358. The van der Waals surface area contributed by atoms with Gasteiger partial charge in [0.15, 0.2) is 0 Å². The van der Waals surface area contributed by atoms with Crippen LogP contribution in [0.4, 0.5) is 0 Å². The quantitative estimate of drug-likeness (QED) is 0.854. The van der Waals surface area contributed by atoms with Gasteiger partial charge < -0.3 is 14.8 Å². The number of nitrogens with one attached hydrogen (secondary N) is 1. The number of methoxy groups -OCH3 is 1. The third-order valence-electron chi connectivity index (χ3n) is 3.92. The molecule has 1 aromatic carbocycles. The molecule has 0 saturated carbocycles. The van der Waals surface area contributed by atoms with Gasteiger partial charge in [-0.2, -0.15) is 0 Å². The molecule has 1 saturated heterocycles. The molecule has 2 rings (SSSR count). The molecule has 1 fully saturated rings. The highest BCUT2D eigenvalue weighted by Crippen LogP contribution is 2.24. The van der Waals surface area contributed by atoms with Crippen molar-refractivity contribution in [1.29, 1.82) is 0 Å². The molecule has 1 N–H and O–H groups in total. The smallest absolute Gasteiger partial charge is 0.118 e. The highest BCUT2D eigenvalue weighted by Gasteiger charge is 2.16. The number of rotatable bonds is 6. The van der Waals surface area contributed by atoms with Crippen molar-refractivity contribution >= 4 is 0 Å². The molecule has 0 bridgehead atoms. The van der Waals surface area contributed by atoms with E-state index in [4.69, 9.17) is 9.47 Å². The molecule has 19 heavy (non-hydrogen) atoms. The lowest BCUT2D eigenvalue weighted by Crippen LogP contribution is -2.23. The molecule has 2 unspecified atom stereocenters. The van der Waals surface area contributed by atoms with E-state index in [2.05, 4.69) is 17.4 Å². The minimum absolute atomic E-state index is 0.399. The third kappa shape index (κ3) is 4.22. The predicted octanol–water partition coefficient (Wildman–Crippen LogP) is 3.31. The van der Waals surface area contributed by atoms with Gasteiger partial charge in [0.05, 0.1) is 13.2 Å². The molecule has 0 aromatic heterocycles. The number of ether oxygens (including phenoxy) is 2. The molecular weight excluding hydrogens is 238 g/mol. The van der Waals surface area contributed by atoms with Gasteiger partial charge in [0.1, 0.15) is 5.75 Å². The van der Waals surface area contributed by atoms with Crippen molar-refractivity contribution in [2.75, 3.05) is 20.8 Å². The van der Waals surface area contributed by atoms with Crippen molar-refractivity contribution < 1.29 is 9.47 Å². The van der Waals surface area contributed by atoms with Crippen LogP contribution in [0.25, 0.3) is 0 Å². The minimum Gasteiger partial charge on any atom is -0.497 e. The van der Waals surface area contributed by atoms with Crippen LogP contribution in [0.15, 0.2) is 24.3 Å². The number of hydrogen-bond donors (Lipinski definition) is 1. The molecule has 1 aliphatic rings. The maximum absolute atomic E-state index is 5.80. The maximum atomic E-state index is 5.80. The molecule has 0 radical (unpaired) electrons. The fraction of sp³-hybridized carbons (Fsp3) is 0.625. The second-order valence-corrected chi connectivity index (χ2v) is 5.18. The van der Waals surface area contributed by atoms with Crippen LogP contribution in [0.3, 0.4) is 0 Å². The molecule has 2 atom stereocenters. The summed E-state index contributed by atoms with van der Waals surface area (Å²) in [7, 11) is 3.72. The van der Waals surface area contributed by atoms with Gasteiger partial charge >= 0.3 is 0 Å². The summed E-state index contributed by atoms with van der Waals surface area (Å²) < 4.78 is 11.0. The summed E-state index contributed by atoms with van der Waals surface area (Å²) in [5.41, 5.74) is 1.32. The average molecular weight is 263 g/mol. The van der Waals surface area contributed by atoms with Gasteiger partial charge in [0.2, 0.25) is 0 Å². The zero-order valence-electron chi connectivity index (χ0n) is 12.0. The van der Waals surface area contributed by atoms with E-state index >= 15 is 0 Å². The van der Waals surface area contributed by atoms with Gasteiger partial charge in [-0.05, 0) is 56.8 Å². The van der Waals surface area contributed by atoms with Gasteiger partial charge in [-0.15, -0.1) is 0 Å². The Morgan fingerprint density at radius 2 is 2.11 bits per heavy atom. The lowest BCUT2D eigenvalue weighted by Gasteiger charge is -2.25. The Labute approximate surface area is 116 Å². The van der Waals surface area contributed by atoms with Crippen LogP contribution in [-0.4, -0.2) is 26.9 Å². The largest absolute Gasteiger partial charge is 0.497 e. The molecule has 1 aromatic rings. The molecule has 1 aliphatic heterocycles. The van der Waals surface area contributed by atoms with Crippen LogP contribution >= 0.6 is 0 Å². The Hall–Kier alpha value is -1.06. The number of benzene rings is 1. The first-order chi connectivity index (χ1) is 9.33. The topological polar surface area (TPSA) is 30.5 Å². The summed E-state index contributed by atoms with van der Waals surface area (Å²) in [5.74, 6) is 0.911.